The first-order valence-electron chi connectivity index (χ1n) is 9.10. The van der Waals surface area contributed by atoms with E-state index in [-0.39, 0.29) is 17.0 Å². The maximum Gasteiger partial charge on any atom is 0.335 e. The summed E-state index contributed by atoms with van der Waals surface area (Å²) in [7, 11) is 4.19. The number of benzene rings is 2. The molecule has 0 fully saturated rings. The molecule has 1 N–H and O–H groups in total. The van der Waals surface area contributed by atoms with Gasteiger partial charge < -0.3 is 9.67 Å². The zero-order chi connectivity index (χ0) is 22.7. The minimum Gasteiger partial charge on any atom is -0.478 e. The molecular weight excluding hydrogens is 407 g/mol. The van der Waals surface area contributed by atoms with Gasteiger partial charge in [0.2, 0.25) is 0 Å². The number of aromatic nitrogens is 2. The molecule has 30 heavy (non-hydrogen) atoms. The number of halogens is 2. The van der Waals surface area contributed by atoms with E-state index in [1.807, 2.05) is 18.5 Å². The Morgan fingerprint density at radius 2 is 1.93 bits per heavy atom. The number of aliphatic imine (C=N–C) groups is 1. The van der Waals surface area contributed by atoms with E-state index in [0.29, 0.717) is 33.6 Å². The van der Waals surface area contributed by atoms with Gasteiger partial charge in [0.15, 0.2) is 11.6 Å². The van der Waals surface area contributed by atoms with Gasteiger partial charge in [-0.05, 0) is 43.4 Å². The molecule has 0 aliphatic heterocycles. The van der Waals surface area contributed by atoms with Crippen molar-refractivity contribution in [3.05, 3.63) is 66.0 Å². The van der Waals surface area contributed by atoms with Gasteiger partial charge in [0.05, 0.1) is 28.2 Å². The van der Waals surface area contributed by atoms with E-state index in [0.717, 1.165) is 6.07 Å². The molecular formula is C22H24F2N3O2P. The lowest BCUT2D eigenvalue weighted by atomic mass is 10.1. The van der Waals surface area contributed by atoms with Crippen molar-refractivity contribution in [2.45, 2.75) is 26.7 Å². The number of rotatable bonds is 4. The summed E-state index contributed by atoms with van der Waals surface area (Å²) in [5.41, 5.74) is 2.76. The lowest BCUT2D eigenvalue weighted by Crippen LogP contribution is -2.12. The van der Waals surface area contributed by atoms with Crippen LogP contribution < -0.4 is 5.30 Å². The van der Waals surface area contributed by atoms with Crippen LogP contribution in [0.5, 0.6) is 0 Å². The third-order valence-electron chi connectivity index (χ3n) is 4.91. The molecule has 2 atom stereocenters. The number of hydrogen-bond acceptors (Lipinski definition) is 3. The Morgan fingerprint density at radius 1 is 1.30 bits per heavy atom. The van der Waals surface area contributed by atoms with E-state index in [1.54, 1.807) is 19.1 Å². The topological polar surface area (TPSA) is 67.5 Å². The molecule has 2 unspecified atom stereocenters. The summed E-state index contributed by atoms with van der Waals surface area (Å²) < 4.78 is 29.3. The first kappa shape index (κ1) is 23.4. The zero-order valence-corrected chi connectivity index (χ0v) is 18.5. The van der Waals surface area contributed by atoms with Crippen LogP contribution >= 0.6 is 9.24 Å². The predicted octanol–water partition coefficient (Wildman–Crippen LogP) is 5.06. The fourth-order valence-corrected chi connectivity index (χ4v) is 3.53. The quantitative estimate of drug-likeness (QED) is 0.357. The molecule has 0 bridgehead atoms. The number of aromatic carboxylic acids is 1. The summed E-state index contributed by atoms with van der Waals surface area (Å²) in [5, 5.41) is 9.66. The van der Waals surface area contributed by atoms with Crippen LogP contribution in [0.2, 0.25) is 0 Å². The zero-order valence-electron chi connectivity index (χ0n) is 17.3. The van der Waals surface area contributed by atoms with Crippen LogP contribution in [0.4, 0.5) is 14.5 Å². The van der Waals surface area contributed by atoms with Gasteiger partial charge in [0, 0.05) is 18.3 Å². The van der Waals surface area contributed by atoms with Gasteiger partial charge >= 0.3 is 5.97 Å². The monoisotopic (exact) mass is 431 g/mol. The second-order valence-electron chi connectivity index (χ2n) is 6.75. The third-order valence-corrected chi connectivity index (χ3v) is 5.35. The Hall–Kier alpha value is -2.92. The van der Waals surface area contributed by atoms with Crippen LogP contribution in [0.3, 0.4) is 0 Å². The fraction of sp³-hybridized carbons (Fsp3) is 0.227. The molecule has 0 saturated carbocycles. The van der Waals surface area contributed by atoms with Crippen molar-refractivity contribution in [3.63, 3.8) is 0 Å². The number of nitrogens with zero attached hydrogens (tertiary/aromatic N) is 3. The normalized spacial score (nSPS) is 12.4. The molecule has 0 aliphatic carbocycles. The van der Waals surface area contributed by atoms with Crippen LogP contribution in [0, 0.1) is 18.6 Å². The summed E-state index contributed by atoms with van der Waals surface area (Å²) in [5.74, 6) is -2.34. The maximum atomic E-state index is 13.9. The number of carbonyl (C=O) groups is 1. The highest BCUT2D eigenvalue weighted by Gasteiger charge is 2.20. The van der Waals surface area contributed by atoms with E-state index in [2.05, 4.69) is 32.4 Å². The number of fused-ring (bicyclic) bond motifs is 1. The van der Waals surface area contributed by atoms with Crippen LogP contribution in [0.15, 0.2) is 42.4 Å². The molecule has 2 aromatic carbocycles. The highest BCUT2D eigenvalue weighted by molar-refractivity contribution is 7.28. The van der Waals surface area contributed by atoms with Gasteiger partial charge in [0.25, 0.3) is 0 Å². The SMILES string of the molecule is C=C.CC(=Nc1c(P)cc(F)c(F)c1C)C(C)c1nc2ccc(C(=O)O)cc2n1C. The number of hydrogen-bond donors (Lipinski definition) is 1. The molecule has 0 spiro atoms. The van der Waals surface area contributed by atoms with Gasteiger partial charge in [0.1, 0.15) is 5.82 Å². The van der Waals surface area contributed by atoms with Crippen LogP contribution in [0.25, 0.3) is 11.0 Å². The summed E-state index contributed by atoms with van der Waals surface area (Å²) in [4.78, 5) is 20.4. The Bertz CT molecular complexity index is 1160. The molecule has 1 heterocycles. The van der Waals surface area contributed by atoms with Crippen molar-refractivity contribution < 1.29 is 18.7 Å². The summed E-state index contributed by atoms with van der Waals surface area (Å²) in [6, 6.07) is 5.86. The van der Waals surface area contributed by atoms with Gasteiger partial charge in [-0.3, -0.25) is 4.99 Å². The smallest absolute Gasteiger partial charge is 0.335 e. The van der Waals surface area contributed by atoms with Crippen molar-refractivity contribution in [1.82, 2.24) is 9.55 Å². The minimum atomic E-state index is -1.00. The van der Waals surface area contributed by atoms with E-state index in [9.17, 15) is 18.7 Å². The van der Waals surface area contributed by atoms with Crippen LogP contribution in [-0.4, -0.2) is 26.3 Å². The standard InChI is InChI=1S/C20H20F2N3O2P.C2H4/c1-9(11(3)23-18-10(2)17(22)13(21)8-16(18)28)19-24-14-6-5-12(20(26)27)7-15(14)25(19)4;1-2/h5-9H,28H2,1-4H3,(H,26,27);1-2H2. The molecule has 0 saturated heterocycles. The van der Waals surface area contributed by atoms with Crippen molar-refractivity contribution in [1.29, 1.82) is 0 Å². The first-order chi connectivity index (χ1) is 14.1. The molecule has 8 heteroatoms. The lowest BCUT2D eigenvalue weighted by Gasteiger charge is -2.14. The molecule has 0 radical (unpaired) electrons. The molecule has 3 rings (SSSR count). The second kappa shape index (κ2) is 9.26. The van der Waals surface area contributed by atoms with E-state index in [1.165, 1.54) is 13.0 Å². The molecule has 158 valence electrons. The van der Waals surface area contributed by atoms with Crippen LogP contribution in [-0.2, 0) is 7.05 Å². The highest BCUT2D eigenvalue weighted by atomic mass is 31.0. The Kier molecular flexibility index (Phi) is 7.21. The second-order valence-corrected chi connectivity index (χ2v) is 7.37. The molecule has 5 nitrogen and oxygen atoms in total. The van der Waals surface area contributed by atoms with E-state index >= 15 is 0 Å². The number of carboxylic acids is 1. The lowest BCUT2D eigenvalue weighted by molar-refractivity contribution is 0.0697. The average Bonchev–Trinajstić information content (AvgIpc) is 3.06. The van der Waals surface area contributed by atoms with Gasteiger partial charge in [-0.15, -0.1) is 22.4 Å². The number of imidazole rings is 1. The Balaban J connectivity index is 0.00000155. The summed E-state index contributed by atoms with van der Waals surface area (Å²) in [6.07, 6.45) is 0. The van der Waals surface area contributed by atoms with E-state index in [4.69, 9.17) is 0 Å². The average molecular weight is 431 g/mol. The number of aryl methyl sites for hydroxylation is 1. The number of carboxylic acid groups (broad SMARTS) is 1. The summed E-state index contributed by atoms with van der Waals surface area (Å²) in [6.45, 7) is 11.2. The molecule has 1 aromatic heterocycles. The van der Waals surface area contributed by atoms with Gasteiger partial charge in [-0.2, -0.15) is 0 Å². The molecule has 3 aromatic rings. The van der Waals surface area contributed by atoms with Gasteiger partial charge in [-0.1, -0.05) is 6.92 Å². The van der Waals surface area contributed by atoms with Crippen molar-refractivity contribution >= 4 is 42.9 Å². The van der Waals surface area contributed by atoms with E-state index < -0.39 is 17.6 Å². The van der Waals surface area contributed by atoms with Gasteiger partial charge in [-0.25, -0.2) is 18.6 Å². The van der Waals surface area contributed by atoms with Crippen LogP contribution in [0.1, 0.15) is 41.5 Å². The minimum absolute atomic E-state index is 0.146. The van der Waals surface area contributed by atoms with Crippen molar-refractivity contribution in [3.8, 4) is 0 Å². The molecule has 0 aliphatic rings. The largest absolute Gasteiger partial charge is 0.478 e. The Morgan fingerprint density at radius 3 is 2.53 bits per heavy atom. The maximum absolute atomic E-state index is 13.9. The third kappa shape index (κ3) is 4.31. The predicted molar refractivity (Wildman–Crippen MR) is 121 cm³/mol. The Labute approximate surface area is 176 Å². The summed E-state index contributed by atoms with van der Waals surface area (Å²) >= 11 is 0. The highest BCUT2D eigenvalue weighted by Crippen LogP contribution is 2.27. The van der Waals surface area contributed by atoms with Crippen molar-refractivity contribution in [2.75, 3.05) is 0 Å². The fourth-order valence-electron chi connectivity index (χ4n) is 3.11. The molecule has 0 amide bonds. The first-order valence-corrected chi connectivity index (χ1v) is 9.68. The van der Waals surface area contributed by atoms with Crippen molar-refractivity contribution in [2.24, 2.45) is 12.0 Å².